The molecule has 1 aliphatic heterocycles. The number of benzene rings is 2. The van der Waals surface area contributed by atoms with Crippen molar-refractivity contribution in [1.82, 2.24) is 9.47 Å². The van der Waals surface area contributed by atoms with Gasteiger partial charge in [-0.2, -0.15) is 5.26 Å². The number of fused-ring (bicyclic) bond motifs is 1. The summed E-state index contributed by atoms with van der Waals surface area (Å²) in [6, 6.07) is 17.9. The van der Waals surface area contributed by atoms with E-state index in [-0.39, 0.29) is 5.04 Å². The molecule has 9 heteroatoms. The van der Waals surface area contributed by atoms with Crippen LogP contribution in [0.1, 0.15) is 43.3 Å². The molecule has 0 bridgehead atoms. The number of nitrogens with zero attached hydrogens (tertiary/aromatic N) is 3. The van der Waals surface area contributed by atoms with Gasteiger partial charge < -0.3 is 29.1 Å². The van der Waals surface area contributed by atoms with E-state index in [1.54, 1.807) is 0 Å². The largest absolute Gasteiger partial charge is 0.544 e. The molecule has 39 heavy (non-hydrogen) atoms. The lowest BCUT2D eigenvalue weighted by Gasteiger charge is -2.36. The predicted octanol–water partition coefficient (Wildman–Crippen LogP) is 6.68. The van der Waals surface area contributed by atoms with Crippen molar-refractivity contribution < 1.29 is 19.1 Å². The summed E-state index contributed by atoms with van der Waals surface area (Å²) in [7, 11) is -0.0293. The topological polar surface area (TPSA) is 99.8 Å². The molecule has 0 unspecified atom stereocenters. The van der Waals surface area contributed by atoms with Crippen molar-refractivity contribution in [2.75, 3.05) is 18.5 Å². The summed E-state index contributed by atoms with van der Waals surface area (Å²) >= 11 is 0. The lowest BCUT2D eigenvalue weighted by Crippen LogP contribution is -2.43. The van der Waals surface area contributed by atoms with Crippen LogP contribution in [0.5, 0.6) is 11.5 Å². The average molecular weight is 547 g/mol. The summed E-state index contributed by atoms with van der Waals surface area (Å²) in [6.07, 6.45) is 0.322. The van der Waals surface area contributed by atoms with Crippen LogP contribution >= 0.6 is 0 Å². The molecule has 2 N–H and O–H groups in total. The second-order valence-corrected chi connectivity index (χ2v) is 16.2. The van der Waals surface area contributed by atoms with Gasteiger partial charge in [0.15, 0.2) is 0 Å². The number of anilines is 2. The molecule has 0 saturated heterocycles. The molecule has 4 rings (SSSR count). The summed E-state index contributed by atoms with van der Waals surface area (Å²) in [5, 5.41) is 22.6. The molecule has 206 valence electrons. The normalized spacial score (nSPS) is 13.4. The molecule has 1 aromatic heterocycles. The lowest BCUT2D eigenvalue weighted by molar-refractivity contribution is 0.139. The van der Waals surface area contributed by atoms with Crippen LogP contribution in [0.25, 0.3) is 0 Å². The molecular formula is C30H38N4O4Si. The first-order valence-corrected chi connectivity index (χ1v) is 16.2. The number of carbonyl (C=O) groups is 1. The van der Waals surface area contributed by atoms with Gasteiger partial charge in [-0.25, -0.2) is 4.79 Å². The van der Waals surface area contributed by atoms with Crippen LogP contribution in [0, 0.1) is 11.3 Å². The van der Waals surface area contributed by atoms with Gasteiger partial charge in [-0.05, 0) is 66.5 Å². The van der Waals surface area contributed by atoms with Crippen molar-refractivity contribution in [3.05, 3.63) is 71.0 Å². The van der Waals surface area contributed by atoms with E-state index < -0.39 is 14.4 Å². The highest BCUT2D eigenvalue weighted by Crippen LogP contribution is 2.38. The van der Waals surface area contributed by atoms with Gasteiger partial charge in [0.1, 0.15) is 23.3 Å². The van der Waals surface area contributed by atoms with Gasteiger partial charge in [-0.1, -0.05) is 32.9 Å². The van der Waals surface area contributed by atoms with E-state index in [0.717, 1.165) is 39.7 Å². The van der Waals surface area contributed by atoms with Crippen molar-refractivity contribution in [3.63, 3.8) is 0 Å². The number of rotatable bonds is 8. The number of hydrogen-bond acceptors (Lipinski definition) is 5. The number of amides is 1. The van der Waals surface area contributed by atoms with Crippen molar-refractivity contribution in [1.29, 1.82) is 5.26 Å². The van der Waals surface area contributed by atoms with E-state index in [0.29, 0.717) is 38.2 Å². The first-order valence-electron chi connectivity index (χ1n) is 13.3. The maximum Gasteiger partial charge on any atom is 0.407 e. The fourth-order valence-electron chi connectivity index (χ4n) is 4.50. The van der Waals surface area contributed by atoms with Gasteiger partial charge in [-0.15, -0.1) is 0 Å². The van der Waals surface area contributed by atoms with Crippen LogP contribution in [0.4, 0.5) is 16.2 Å². The Morgan fingerprint density at radius 3 is 2.54 bits per heavy atom. The highest BCUT2D eigenvalue weighted by Gasteiger charge is 2.38. The van der Waals surface area contributed by atoms with Gasteiger partial charge in [0.25, 0.3) is 0 Å². The molecule has 1 amide bonds. The number of nitrogens with one attached hydrogen (secondary N) is 1. The summed E-state index contributed by atoms with van der Waals surface area (Å²) in [4.78, 5) is 12.8. The molecule has 0 saturated carbocycles. The molecule has 0 radical (unpaired) electrons. The minimum Gasteiger partial charge on any atom is -0.544 e. The quantitative estimate of drug-likeness (QED) is 0.306. The highest BCUT2D eigenvalue weighted by molar-refractivity contribution is 6.74. The van der Waals surface area contributed by atoms with Crippen LogP contribution in [0.3, 0.4) is 0 Å². The maximum atomic E-state index is 11.4. The Hall–Kier alpha value is -3.90. The third kappa shape index (κ3) is 6.23. The molecule has 0 spiro atoms. The fraction of sp³-hybridized carbons (Fsp3) is 0.400. The van der Waals surface area contributed by atoms with E-state index >= 15 is 0 Å². The van der Waals surface area contributed by atoms with Crippen LogP contribution in [-0.2, 0) is 26.4 Å². The zero-order valence-corrected chi connectivity index (χ0v) is 24.7. The first kappa shape index (κ1) is 28.1. The predicted molar refractivity (Wildman–Crippen MR) is 155 cm³/mol. The van der Waals surface area contributed by atoms with Crippen molar-refractivity contribution in [3.8, 4) is 17.6 Å². The van der Waals surface area contributed by atoms with Crippen molar-refractivity contribution >= 4 is 25.8 Å². The fourth-order valence-corrected chi connectivity index (χ4v) is 5.53. The van der Waals surface area contributed by atoms with E-state index in [1.165, 1.54) is 4.90 Å². The Kier molecular flexibility index (Phi) is 7.98. The van der Waals surface area contributed by atoms with Gasteiger partial charge in [-0.3, -0.25) is 0 Å². The van der Waals surface area contributed by atoms with Gasteiger partial charge in [0, 0.05) is 43.5 Å². The molecule has 1 aliphatic rings. The zero-order valence-electron chi connectivity index (χ0n) is 23.7. The summed E-state index contributed by atoms with van der Waals surface area (Å²) in [6.45, 7) is 12.4. The third-order valence-corrected chi connectivity index (χ3v) is 12.2. The summed E-state index contributed by atoms with van der Waals surface area (Å²) in [5.74, 6) is 1.66. The van der Waals surface area contributed by atoms with E-state index in [1.807, 2.05) is 60.1 Å². The van der Waals surface area contributed by atoms with E-state index in [4.69, 9.17) is 9.16 Å². The minimum absolute atomic E-state index is 0.122. The summed E-state index contributed by atoms with van der Waals surface area (Å²) in [5.41, 5.74) is 5.36. The lowest BCUT2D eigenvalue weighted by atomic mass is 9.99. The number of ether oxygens (including phenoxy) is 1. The molecule has 2 aromatic carbocycles. The number of carboxylic acid groups (broad SMARTS) is 1. The molecule has 0 aliphatic carbocycles. The second kappa shape index (κ2) is 11.1. The number of nitriles is 1. The third-order valence-electron chi connectivity index (χ3n) is 7.88. The number of hydrogen-bond donors (Lipinski definition) is 2. The minimum atomic E-state index is -1.92. The van der Waals surface area contributed by atoms with Crippen molar-refractivity contribution in [2.24, 2.45) is 7.05 Å². The first-order chi connectivity index (χ1) is 18.4. The standard InChI is InChI=1S/C30H38N4O4Si/c1-30(2,3)39(5,6)38-24-12-10-22(11-13-24)32-26-18-23(19-31)33(4)27(26)15-17-37-28-9-7-8-21-20-34(29(35)36)16-14-25(21)28/h7-13,18,32H,14-17,20H2,1-6H3,(H,35,36). The maximum absolute atomic E-state index is 11.4. The van der Waals surface area contributed by atoms with Gasteiger partial charge >= 0.3 is 6.09 Å². The van der Waals surface area contributed by atoms with Crippen LogP contribution < -0.4 is 14.5 Å². The molecule has 0 fully saturated rings. The zero-order chi connectivity index (χ0) is 28.4. The Bertz CT molecular complexity index is 1380. The Labute approximate surface area is 231 Å². The van der Waals surface area contributed by atoms with E-state index in [9.17, 15) is 15.2 Å². The van der Waals surface area contributed by atoms with Crippen LogP contribution in [-0.4, -0.2) is 42.1 Å². The van der Waals surface area contributed by atoms with Gasteiger partial charge in [0.2, 0.25) is 8.32 Å². The van der Waals surface area contributed by atoms with Crippen LogP contribution in [0.2, 0.25) is 18.1 Å². The Balaban J connectivity index is 1.45. The molecule has 3 aromatic rings. The number of aromatic nitrogens is 1. The Morgan fingerprint density at radius 1 is 1.18 bits per heavy atom. The molecule has 0 atom stereocenters. The summed E-state index contributed by atoms with van der Waals surface area (Å²) < 4.78 is 14.5. The molecular weight excluding hydrogens is 508 g/mol. The van der Waals surface area contributed by atoms with Crippen molar-refractivity contribution in [2.45, 2.75) is 58.3 Å². The smallest absolute Gasteiger partial charge is 0.407 e. The molecule has 8 nitrogen and oxygen atoms in total. The average Bonchev–Trinajstić information content (AvgIpc) is 3.18. The van der Waals surface area contributed by atoms with Gasteiger partial charge in [0.05, 0.1) is 12.3 Å². The highest BCUT2D eigenvalue weighted by atomic mass is 28.4. The SMILES string of the molecule is Cn1c(C#N)cc(Nc2ccc(O[Si](C)(C)C(C)(C)C)cc2)c1CCOc1cccc2c1CCN(C(=O)O)C2. The van der Waals surface area contributed by atoms with E-state index in [2.05, 4.69) is 45.3 Å². The second-order valence-electron chi connectivity index (χ2n) is 11.5. The monoisotopic (exact) mass is 546 g/mol. The van der Waals surface area contributed by atoms with Crippen LogP contribution in [0.15, 0.2) is 48.5 Å². The molecule has 2 heterocycles. The Morgan fingerprint density at radius 2 is 1.90 bits per heavy atom.